The van der Waals surface area contributed by atoms with Gasteiger partial charge in [-0.3, -0.25) is 4.79 Å². The van der Waals surface area contributed by atoms with E-state index in [9.17, 15) is 4.79 Å². The summed E-state index contributed by atoms with van der Waals surface area (Å²) in [6.07, 6.45) is 2.45. The minimum atomic E-state index is 0. The fraction of sp³-hybridized carbons (Fsp3) is 0.600. The van der Waals surface area contributed by atoms with Gasteiger partial charge >= 0.3 is 0 Å². The number of carbonyl (C=O) groups excluding carboxylic acids is 1. The van der Waals surface area contributed by atoms with Crippen LogP contribution in [0, 0.1) is 5.92 Å². The molecule has 0 saturated carbocycles. The molecule has 0 unspecified atom stereocenters. The summed E-state index contributed by atoms with van der Waals surface area (Å²) in [5.74, 6) is 0.310. The van der Waals surface area contributed by atoms with E-state index >= 15 is 0 Å². The van der Waals surface area contributed by atoms with Crippen LogP contribution in [0.2, 0.25) is 0 Å². The first kappa shape index (κ1) is 13.0. The summed E-state index contributed by atoms with van der Waals surface area (Å²) in [5.41, 5.74) is 0.789. The van der Waals surface area contributed by atoms with Gasteiger partial charge in [-0.05, 0) is 13.0 Å². The van der Waals surface area contributed by atoms with Gasteiger partial charge in [0.2, 0.25) is 5.91 Å². The van der Waals surface area contributed by atoms with Crippen molar-refractivity contribution in [1.82, 2.24) is 15.4 Å². The van der Waals surface area contributed by atoms with Crippen LogP contribution in [-0.2, 0) is 11.3 Å². The number of amides is 1. The SMILES string of the molecule is CN(Cc1ccon1)C(=O)[C@H]1CCNC1.Cl. The number of aromatic nitrogens is 1. The van der Waals surface area contributed by atoms with Gasteiger partial charge in [-0.25, -0.2) is 0 Å². The fourth-order valence-electron chi connectivity index (χ4n) is 1.82. The lowest BCUT2D eigenvalue weighted by atomic mass is 10.1. The molecule has 1 saturated heterocycles. The molecule has 1 atom stereocenters. The average Bonchev–Trinajstić information content (AvgIpc) is 2.88. The highest BCUT2D eigenvalue weighted by Gasteiger charge is 2.25. The zero-order chi connectivity index (χ0) is 10.7. The number of nitrogens with one attached hydrogen (secondary N) is 1. The van der Waals surface area contributed by atoms with E-state index in [1.165, 1.54) is 6.26 Å². The molecule has 16 heavy (non-hydrogen) atoms. The van der Waals surface area contributed by atoms with Gasteiger partial charge in [0.25, 0.3) is 0 Å². The molecule has 1 fully saturated rings. The Morgan fingerprint density at radius 2 is 2.56 bits per heavy atom. The molecular formula is C10H16ClN3O2. The van der Waals surface area contributed by atoms with Crippen molar-refractivity contribution in [3.8, 4) is 0 Å². The maximum atomic E-state index is 11.9. The van der Waals surface area contributed by atoms with Crippen molar-refractivity contribution in [2.75, 3.05) is 20.1 Å². The number of hydrogen-bond acceptors (Lipinski definition) is 4. The monoisotopic (exact) mass is 245 g/mol. The summed E-state index contributed by atoms with van der Waals surface area (Å²) >= 11 is 0. The first-order valence-corrected chi connectivity index (χ1v) is 5.12. The van der Waals surface area contributed by atoms with Crippen molar-refractivity contribution in [3.63, 3.8) is 0 Å². The van der Waals surface area contributed by atoms with Crippen LogP contribution in [0.4, 0.5) is 0 Å². The standard InChI is InChI=1S/C10H15N3O2.ClH/c1-13(7-9-3-5-15-12-9)10(14)8-2-4-11-6-8;/h3,5,8,11H,2,4,6-7H2,1H3;1H/t8-;/m0./s1. The molecule has 1 aliphatic heterocycles. The highest BCUT2D eigenvalue weighted by atomic mass is 35.5. The molecule has 1 aromatic rings. The zero-order valence-electron chi connectivity index (χ0n) is 9.18. The van der Waals surface area contributed by atoms with E-state index in [0.29, 0.717) is 6.54 Å². The van der Waals surface area contributed by atoms with Crippen molar-refractivity contribution < 1.29 is 9.32 Å². The third kappa shape index (κ3) is 2.96. The Morgan fingerprint density at radius 1 is 1.75 bits per heavy atom. The highest BCUT2D eigenvalue weighted by molar-refractivity contribution is 5.85. The second-order valence-electron chi connectivity index (χ2n) is 3.87. The lowest BCUT2D eigenvalue weighted by molar-refractivity contribution is -0.134. The molecule has 6 heteroatoms. The van der Waals surface area contributed by atoms with E-state index < -0.39 is 0 Å². The van der Waals surface area contributed by atoms with Crippen LogP contribution in [-0.4, -0.2) is 36.1 Å². The molecule has 1 aromatic heterocycles. The van der Waals surface area contributed by atoms with Crippen molar-refractivity contribution in [1.29, 1.82) is 0 Å². The van der Waals surface area contributed by atoms with E-state index in [1.807, 2.05) is 0 Å². The number of halogens is 1. The molecular weight excluding hydrogens is 230 g/mol. The number of rotatable bonds is 3. The number of carbonyl (C=O) groups is 1. The van der Waals surface area contributed by atoms with Crippen LogP contribution in [0.25, 0.3) is 0 Å². The predicted octanol–water partition coefficient (Wildman–Crippen LogP) is 0.664. The van der Waals surface area contributed by atoms with Gasteiger partial charge in [-0.1, -0.05) is 5.16 Å². The van der Waals surface area contributed by atoms with Gasteiger partial charge in [-0.2, -0.15) is 0 Å². The Balaban J connectivity index is 0.00000128. The Bertz CT molecular complexity index is 323. The summed E-state index contributed by atoms with van der Waals surface area (Å²) < 4.78 is 4.72. The molecule has 1 N–H and O–H groups in total. The molecule has 0 aliphatic carbocycles. The maximum Gasteiger partial charge on any atom is 0.227 e. The Labute approximate surface area is 101 Å². The average molecular weight is 246 g/mol. The smallest absolute Gasteiger partial charge is 0.227 e. The minimum Gasteiger partial charge on any atom is -0.364 e. The first-order valence-electron chi connectivity index (χ1n) is 5.12. The van der Waals surface area contributed by atoms with Crippen molar-refractivity contribution in [2.45, 2.75) is 13.0 Å². The van der Waals surface area contributed by atoms with Crippen LogP contribution in [0.15, 0.2) is 16.9 Å². The minimum absolute atomic E-state index is 0. The highest BCUT2D eigenvalue weighted by Crippen LogP contribution is 2.12. The molecule has 2 rings (SSSR count). The maximum absolute atomic E-state index is 11.9. The summed E-state index contributed by atoms with van der Waals surface area (Å²) in [6, 6.07) is 1.77. The lowest BCUT2D eigenvalue weighted by Gasteiger charge is -2.19. The Morgan fingerprint density at radius 3 is 3.12 bits per heavy atom. The van der Waals surface area contributed by atoms with E-state index in [2.05, 4.69) is 10.5 Å². The molecule has 2 heterocycles. The van der Waals surface area contributed by atoms with E-state index in [4.69, 9.17) is 4.52 Å². The third-order valence-electron chi connectivity index (χ3n) is 2.68. The number of hydrogen-bond donors (Lipinski definition) is 1. The second kappa shape index (κ2) is 5.86. The van der Waals surface area contributed by atoms with Gasteiger partial charge in [0, 0.05) is 19.7 Å². The van der Waals surface area contributed by atoms with Crippen LogP contribution in [0.5, 0.6) is 0 Å². The molecule has 5 nitrogen and oxygen atoms in total. The van der Waals surface area contributed by atoms with Crippen LogP contribution in [0.1, 0.15) is 12.1 Å². The Hall–Kier alpha value is -1.07. The normalized spacial score (nSPS) is 19.2. The predicted molar refractivity (Wildman–Crippen MR) is 61.2 cm³/mol. The third-order valence-corrected chi connectivity index (χ3v) is 2.68. The zero-order valence-corrected chi connectivity index (χ0v) is 10.00. The molecule has 0 spiro atoms. The van der Waals surface area contributed by atoms with Crippen molar-refractivity contribution in [3.05, 3.63) is 18.0 Å². The number of nitrogens with zero attached hydrogens (tertiary/aromatic N) is 2. The van der Waals surface area contributed by atoms with Gasteiger partial charge in [0.1, 0.15) is 12.0 Å². The van der Waals surface area contributed by atoms with E-state index in [-0.39, 0.29) is 24.2 Å². The van der Waals surface area contributed by atoms with Gasteiger partial charge < -0.3 is 14.7 Å². The summed E-state index contributed by atoms with van der Waals surface area (Å²) in [5, 5.41) is 6.97. The molecule has 0 aromatic carbocycles. The van der Waals surface area contributed by atoms with Crippen LogP contribution < -0.4 is 5.32 Å². The topological polar surface area (TPSA) is 58.4 Å². The molecule has 1 aliphatic rings. The van der Waals surface area contributed by atoms with Crippen molar-refractivity contribution >= 4 is 18.3 Å². The fourth-order valence-corrected chi connectivity index (χ4v) is 1.82. The molecule has 0 bridgehead atoms. The summed E-state index contributed by atoms with van der Waals surface area (Å²) in [4.78, 5) is 13.6. The van der Waals surface area contributed by atoms with Crippen LogP contribution in [0.3, 0.4) is 0 Å². The summed E-state index contributed by atoms with van der Waals surface area (Å²) in [6.45, 7) is 2.25. The second-order valence-corrected chi connectivity index (χ2v) is 3.87. The quantitative estimate of drug-likeness (QED) is 0.850. The van der Waals surface area contributed by atoms with E-state index in [0.717, 1.165) is 25.2 Å². The Kier molecular flexibility index (Phi) is 4.76. The van der Waals surface area contributed by atoms with Gasteiger partial charge in [-0.15, -0.1) is 12.4 Å². The van der Waals surface area contributed by atoms with E-state index in [1.54, 1.807) is 18.0 Å². The van der Waals surface area contributed by atoms with Gasteiger partial charge in [0.15, 0.2) is 0 Å². The van der Waals surface area contributed by atoms with Gasteiger partial charge in [0.05, 0.1) is 12.5 Å². The molecule has 0 radical (unpaired) electrons. The lowest BCUT2D eigenvalue weighted by Crippen LogP contribution is -2.33. The molecule has 1 amide bonds. The first-order chi connectivity index (χ1) is 7.27. The van der Waals surface area contributed by atoms with Crippen LogP contribution >= 0.6 is 12.4 Å². The van der Waals surface area contributed by atoms with Crippen molar-refractivity contribution in [2.24, 2.45) is 5.92 Å². The molecule has 90 valence electrons. The summed E-state index contributed by atoms with van der Waals surface area (Å²) in [7, 11) is 1.80. The largest absolute Gasteiger partial charge is 0.364 e.